The van der Waals surface area contributed by atoms with Gasteiger partial charge in [-0.05, 0) is 19.1 Å². The van der Waals surface area contributed by atoms with Crippen molar-refractivity contribution in [2.75, 3.05) is 12.3 Å². The molecule has 2 N–H and O–H groups in total. The number of carbonyl (C=O) groups is 1. The standard InChI is InChI=1S/C13H13F2N3O2/c1-2-20-13(19)12-11(16)7-18(17-12)6-8-9(14)4-3-5-10(8)15/h3-5,7H,2,6,16H2,1H3. The van der Waals surface area contributed by atoms with E-state index in [1.54, 1.807) is 6.92 Å². The molecule has 1 aromatic heterocycles. The first-order chi connectivity index (χ1) is 9.52. The largest absolute Gasteiger partial charge is 0.461 e. The third-order valence-electron chi connectivity index (χ3n) is 2.64. The van der Waals surface area contributed by atoms with Crippen molar-refractivity contribution in [3.8, 4) is 0 Å². The van der Waals surface area contributed by atoms with E-state index >= 15 is 0 Å². The van der Waals surface area contributed by atoms with E-state index in [-0.39, 0.29) is 30.1 Å². The summed E-state index contributed by atoms with van der Waals surface area (Å²) < 4.78 is 33.0. The highest BCUT2D eigenvalue weighted by Gasteiger charge is 2.17. The van der Waals surface area contributed by atoms with Crippen LogP contribution >= 0.6 is 0 Å². The lowest BCUT2D eigenvalue weighted by molar-refractivity contribution is 0.0519. The molecule has 0 amide bonds. The number of nitrogens with zero attached hydrogens (tertiary/aromatic N) is 2. The van der Waals surface area contributed by atoms with Gasteiger partial charge in [0.2, 0.25) is 0 Å². The summed E-state index contributed by atoms with van der Waals surface area (Å²) >= 11 is 0. The Morgan fingerprint density at radius 3 is 2.65 bits per heavy atom. The highest BCUT2D eigenvalue weighted by molar-refractivity contribution is 5.92. The van der Waals surface area contributed by atoms with Gasteiger partial charge in [-0.1, -0.05) is 6.07 Å². The number of carbonyl (C=O) groups excluding carboxylic acids is 1. The Labute approximate surface area is 114 Å². The predicted molar refractivity (Wildman–Crippen MR) is 68.1 cm³/mol. The average Bonchev–Trinajstić information content (AvgIpc) is 2.75. The van der Waals surface area contributed by atoms with E-state index in [9.17, 15) is 13.6 Å². The first kappa shape index (κ1) is 14.0. The molecule has 0 aliphatic carbocycles. The van der Waals surface area contributed by atoms with Gasteiger partial charge < -0.3 is 10.5 Å². The molecular weight excluding hydrogens is 268 g/mol. The zero-order chi connectivity index (χ0) is 14.7. The van der Waals surface area contributed by atoms with Crippen LogP contribution in [0.2, 0.25) is 0 Å². The van der Waals surface area contributed by atoms with Crippen molar-refractivity contribution < 1.29 is 18.3 Å². The monoisotopic (exact) mass is 281 g/mol. The minimum Gasteiger partial charge on any atom is -0.461 e. The molecule has 20 heavy (non-hydrogen) atoms. The Bertz CT molecular complexity index is 620. The first-order valence-corrected chi connectivity index (χ1v) is 5.95. The van der Waals surface area contributed by atoms with Crippen LogP contribution in [0.3, 0.4) is 0 Å². The lowest BCUT2D eigenvalue weighted by Crippen LogP contribution is -2.10. The molecule has 0 aliphatic heterocycles. The molecule has 1 heterocycles. The Morgan fingerprint density at radius 2 is 2.05 bits per heavy atom. The summed E-state index contributed by atoms with van der Waals surface area (Å²) in [4.78, 5) is 11.5. The minimum atomic E-state index is -0.684. The van der Waals surface area contributed by atoms with Gasteiger partial charge in [-0.3, -0.25) is 4.68 Å². The van der Waals surface area contributed by atoms with Crippen LogP contribution < -0.4 is 5.73 Å². The van der Waals surface area contributed by atoms with Gasteiger partial charge >= 0.3 is 5.97 Å². The van der Waals surface area contributed by atoms with Crippen LogP contribution in [0, 0.1) is 11.6 Å². The number of nitrogen functional groups attached to an aromatic ring is 1. The molecular formula is C13H13F2N3O2. The molecule has 0 saturated carbocycles. The fraction of sp³-hybridized carbons (Fsp3) is 0.231. The molecule has 1 aromatic carbocycles. The zero-order valence-corrected chi connectivity index (χ0v) is 10.8. The van der Waals surface area contributed by atoms with Crippen LogP contribution in [0.1, 0.15) is 23.0 Å². The van der Waals surface area contributed by atoms with Gasteiger partial charge in [0.15, 0.2) is 5.69 Å². The Morgan fingerprint density at radius 1 is 1.40 bits per heavy atom. The maximum absolute atomic E-state index is 13.5. The lowest BCUT2D eigenvalue weighted by Gasteiger charge is -2.04. The molecule has 0 spiro atoms. The number of halogens is 2. The number of ether oxygens (including phenoxy) is 1. The van der Waals surface area contributed by atoms with Crippen LogP contribution in [0.5, 0.6) is 0 Å². The molecule has 0 fully saturated rings. The summed E-state index contributed by atoms with van der Waals surface area (Å²) in [6.07, 6.45) is 1.33. The highest BCUT2D eigenvalue weighted by Crippen LogP contribution is 2.16. The Balaban J connectivity index is 2.27. The molecule has 0 bridgehead atoms. The molecule has 0 radical (unpaired) electrons. The second kappa shape index (κ2) is 5.68. The molecule has 106 valence electrons. The molecule has 2 aromatic rings. The molecule has 0 atom stereocenters. The quantitative estimate of drug-likeness (QED) is 0.870. The summed E-state index contributed by atoms with van der Waals surface area (Å²) in [5.41, 5.74) is 5.51. The van der Waals surface area contributed by atoms with Crippen molar-refractivity contribution in [2.24, 2.45) is 0 Å². The van der Waals surface area contributed by atoms with Crippen LogP contribution in [0.25, 0.3) is 0 Å². The third kappa shape index (κ3) is 2.76. The number of anilines is 1. The van der Waals surface area contributed by atoms with E-state index in [2.05, 4.69) is 5.10 Å². The molecule has 7 heteroatoms. The van der Waals surface area contributed by atoms with Crippen molar-refractivity contribution in [1.29, 1.82) is 0 Å². The predicted octanol–water partition coefficient (Wildman–Crippen LogP) is 1.97. The Hall–Kier alpha value is -2.44. The fourth-order valence-electron chi connectivity index (χ4n) is 1.72. The van der Waals surface area contributed by atoms with Crippen LogP contribution in [-0.2, 0) is 11.3 Å². The van der Waals surface area contributed by atoms with Gasteiger partial charge in [0.1, 0.15) is 11.6 Å². The maximum atomic E-state index is 13.5. The Kier molecular flexibility index (Phi) is 3.97. The lowest BCUT2D eigenvalue weighted by atomic mass is 10.2. The minimum absolute atomic E-state index is 0.0661. The number of hydrogen-bond acceptors (Lipinski definition) is 4. The van der Waals surface area contributed by atoms with E-state index < -0.39 is 17.6 Å². The second-order valence-corrected chi connectivity index (χ2v) is 4.05. The third-order valence-corrected chi connectivity index (χ3v) is 2.64. The van der Waals surface area contributed by atoms with Crippen LogP contribution in [-0.4, -0.2) is 22.4 Å². The molecule has 2 rings (SSSR count). The van der Waals surface area contributed by atoms with Crippen molar-refractivity contribution >= 4 is 11.7 Å². The van der Waals surface area contributed by atoms with Gasteiger partial charge in [-0.2, -0.15) is 5.10 Å². The molecule has 0 unspecified atom stereocenters. The normalized spacial score (nSPS) is 10.6. The number of nitrogens with two attached hydrogens (primary N) is 1. The van der Waals surface area contributed by atoms with Crippen molar-refractivity contribution in [2.45, 2.75) is 13.5 Å². The summed E-state index contributed by atoms with van der Waals surface area (Å²) in [6, 6.07) is 3.57. The van der Waals surface area contributed by atoms with E-state index in [1.807, 2.05) is 0 Å². The van der Waals surface area contributed by atoms with Crippen LogP contribution in [0.4, 0.5) is 14.5 Å². The molecule has 0 aliphatic rings. The van der Waals surface area contributed by atoms with E-state index in [0.29, 0.717) is 0 Å². The SMILES string of the molecule is CCOC(=O)c1nn(Cc2c(F)cccc2F)cc1N. The van der Waals surface area contributed by atoms with Gasteiger partial charge in [0, 0.05) is 11.8 Å². The number of hydrogen-bond donors (Lipinski definition) is 1. The summed E-state index contributed by atoms with van der Waals surface area (Å²) in [5, 5.41) is 3.89. The van der Waals surface area contributed by atoms with E-state index in [4.69, 9.17) is 10.5 Å². The smallest absolute Gasteiger partial charge is 0.361 e. The number of rotatable bonds is 4. The first-order valence-electron chi connectivity index (χ1n) is 5.95. The van der Waals surface area contributed by atoms with Crippen LogP contribution in [0.15, 0.2) is 24.4 Å². The summed E-state index contributed by atoms with van der Waals surface area (Å²) in [5.74, 6) is -2.04. The van der Waals surface area contributed by atoms with Gasteiger partial charge in [-0.15, -0.1) is 0 Å². The topological polar surface area (TPSA) is 70.1 Å². The average molecular weight is 281 g/mol. The van der Waals surface area contributed by atoms with Crippen molar-refractivity contribution in [3.63, 3.8) is 0 Å². The van der Waals surface area contributed by atoms with Crippen molar-refractivity contribution in [1.82, 2.24) is 9.78 Å². The molecule has 5 nitrogen and oxygen atoms in total. The van der Waals surface area contributed by atoms with Gasteiger partial charge in [-0.25, -0.2) is 13.6 Å². The van der Waals surface area contributed by atoms with E-state index in [1.165, 1.54) is 16.9 Å². The van der Waals surface area contributed by atoms with Crippen molar-refractivity contribution in [3.05, 3.63) is 47.3 Å². The zero-order valence-electron chi connectivity index (χ0n) is 10.8. The number of aromatic nitrogens is 2. The maximum Gasteiger partial charge on any atom is 0.361 e. The number of esters is 1. The molecule has 0 saturated heterocycles. The number of benzene rings is 1. The van der Waals surface area contributed by atoms with Gasteiger partial charge in [0.05, 0.1) is 18.8 Å². The summed E-state index contributed by atoms with van der Waals surface area (Å²) in [7, 11) is 0. The summed E-state index contributed by atoms with van der Waals surface area (Å²) in [6.45, 7) is 1.68. The second-order valence-electron chi connectivity index (χ2n) is 4.05. The fourth-order valence-corrected chi connectivity index (χ4v) is 1.72. The highest BCUT2D eigenvalue weighted by atomic mass is 19.1. The van der Waals surface area contributed by atoms with E-state index in [0.717, 1.165) is 12.1 Å². The van der Waals surface area contributed by atoms with Gasteiger partial charge in [0.25, 0.3) is 0 Å².